The van der Waals surface area contributed by atoms with E-state index >= 15 is 0 Å². The molecule has 1 aliphatic rings. The number of ether oxygens (including phenoxy) is 2. The summed E-state index contributed by atoms with van der Waals surface area (Å²) in [5.74, 6) is -0.570. The van der Waals surface area contributed by atoms with Crippen LogP contribution in [-0.2, 0) is 9.53 Å². The molecule has 24 heavy (non-hydrogen) atoms. The second-order valence-corrected chi connectivity index (χ2v) is 5.97. The molecule has 122 valence electrons. The van der Waals surface area contributed by atoms with Gasteiger partial charge in [-0.1, -0.05) is 28.1 Å². The van der Waals surface area contributed by atoms with Crippen molar-refractivity contribution in [2.75, 3.05) is 13.7 Å². The van der Waals surface area contributed by atoms with Crippen LogP contribution in [0.2, 0.25) is 0 Å². The van der Waals surface area contributed by atoms with Gasteiger partial charge in [-0.15, -0.1) is 0 Å². The SMILES string of the molecule is COC(=O)/C=C/c1cc2c(cc1F)N=C(c1cccc(Br)c1)CO2. The number of methoxy groups -OCH3 is 1. The molecule has 0 aliphatic carbocycles. The van der Waals surface area contributed by atoms with Crippen molar-refractivity contribution in [2.24, 2.45) is 4.99 Å². The normalized spacial score (nSPS) is 13.2. The summed E-state index contributed by atoms with van der Waals surface area (Å²) in [5.41, 5.74) is 2.29. The molecule has 0 amide bonds. The Morgan fingerprint density at radius 1 is 1.38 bits per heavy atom. The second kappa shape index (κ2) is 6.97. The van der Waals surface area contributed by atoms with Crippen LogP contribution in [0, 0.1) is 5.82 Å². The molecule has 0 atom stereocenters. The van der Waals surface area contributed by atoms with Crippen LogP contribution >= 0.6 is 15.9 Å². The van der Waals surface area contributed by atoms with Crippen LogP contribution in [-0.4, -0.2) is 25.4 Å². The third kappa shape index (κ3) is 3.54. The van der Waals surface area contributed by atoms with E-state index in [0.717, 1.165) is 21.8 Å². The van der Waals surface area contributed by atoms with Gasteiger partial charge >= 0.3 is 5.97 Å². The lowest BCUT2D eigenvalue weighted by atomic mass is 10.1. The largest absolute Gasteiger partial charge is 0.485 e. The van der Waals surface area contributed by atoms with Crippen molar-refractivity contribution < 1.29 is 18.7 Å². The van der Waals surface area contributed by atoms with Crippen LogP contribution in [0.25, 0.3) is 6.08 Å². The fraction of sp³-hybridized carbons (Fsp3) is 0.111. The summed E-state index contributed by atoms with van der Waals surface area (Å²) in [6, 6.07) is 10.5. The monoisotopic (exact) mass is 389 g/mol. The van der Waals surface area contributed by atoms with Crippen molar-refractivity contribution in [1.29, 1.82) is 0 Å². The molecular weight excluding hydrogens is 377 g/mol. The highest BCUT2D eigenvalue weighted by molar-refractivity contribution is 9.10. The van der Waals surface area contributed by atoms with E-state index in [1.165, 1.54) is 25.3 Å². The first-order valence-corrected chi connectivity index (χ1v) is 7.92. The zero-order valence-corrected chi connectivity index (χ0v) is 14.3. The van der Waals surface area contributed by atoms with Crippen molar-refractivity contribution in [2.45, 2.75) is 0 Å². The number of rotatable bonds is 3. The fourth-order valence-electron chi connectivity index (χ4n) is 2.25. The number of hydrogen-bond acceptors (Lipinski definition) is 4. The van der Waals surface area contributed by atoms with Gasteiger partial charge in [-0.2, -0.15) is 0 Å². The molecule has 0 N–H and O–H groups in total. The van der Waals surface area contributed by atoms with E-state index < -0.39 is 11.8 Å². The summed E-state index contributed by atoms with van der Waals surface area (Å²) in [6.07, 6.45) is 2.50. The highest BCUT2D eigenvalue weighted by Crippen LogP contribution is 2.34. The summed E-state index contributed by atoms with van der Waals surface area (Å²) in [5, 5.41) is 0. The number of hydrogen-bond donors (Lipinski definition) is 0. The Hall–Kier alpha value is -2.47. The number of fused-ring (bicyclic) bond motifs is 1. The lowest BCUT2D eigenvalue weighted by molar-refractivity contribution is -0.134. The van der Waals surface area contributed by atoms with Gasteiger partial charge in [-0.3, -0.25) is 0 Å². The summed E-state index contributed by atoms with van der Waals surface area (Å²) in [7, 11) is 1.26. The molecule has 0 saturated carbocycles. The quantitative estimate of drug-likeness (QED) is 0.581. The maximum atomic E-state index is 14.2. The van der Waals surface area contributed by atoms with Crippen LogP contribution in [0.3, 0.4) is 0 Å². The number of aliphatic imine (C=N–C) groups is 1. The van der Waals surface area contributed by atoms with Gasteiger partial charge in [0.05, 0.1) is 12.8 Å². The second-order valence-electron chi connectivity index (χ2n) is 5.06. The van der Waals surface area contributed by atoms with E-state index in [1.807, 2.05) is 24.3 Å². The van der Waals surface area contributed by atoms with E-state index in [2.05, 4.69) is 25.7 Å². The van der Waals surface area contributed by atoms with Crippen molar-refractivity contribution in [3.63, 3.8) is 0 Å². The first-order valence-electron chi connectivity index (χ1n) is 7.12. The molecule has 3 rings (SSSR count). The van der Waals surface area contributed by atoms with E-state index in [0.29, 0.717) is 11.4 Å². The molecule has 1 heterocycles. The highest BCUT2D eigenvalue weighted by Gasteiger charge is 2.17. The first-order chi connectivity index (χ1) is 11.6. The predicted molar refractivity (Wildman–Crippen MR) is 93.3 cm³/mol. The van der Waals surface area contributed by atoms with Crippen LogP contribution in [0.15, 0.2) is 51.9 Å². The van der Waals surface area contributed by atoms with Crippen LogP contribution < -0.4 is 4.74 Å². The maximum absolute atomic E-state index is 14.2. The van der Waals surface area contributed by atoms with Gasteiger partial charge in [-0.05, 0) is 24.3 Å². The van der Waals surface area contributed by atoms with Gasteiger partial charge in [0.25, 0.3) is 0 Å². The molecule has 1 aliphatic heterocycles. The molecule has 0 saturated heterocycles. The Morgan fingerprint density at radius 2 is 2.21 bits per heavy atom. The molecule has 6 heteroatoms. The molecule has 0 fully saturated rings. The zero-order valence-electron chi connectivity index (χ0n) is 12.8. The van der Waals surface area contributed by atoms with E-state index in [1.54, 1.807) is 0 Å². The Labute approximate surface area is 146 Å². The zero-order chi connectivity index (χ0) is 17.1. The van der Waals surface area contributed by atoms with E-state index in [9.17, 15) is 9.18 Å². The Balaban J connectivity index is 1.94. The molecule has 0 bridgehead atoms. The summed E-state index contributed by atoms with van der Waals surface area (Å²) >= 11 is 3.42. The molecule has 0 spiro atoms. The maximum Gasteiger partial charge on any atom is 0.330 e. The topological polar surface area (TPSA) is 47.9 Å². The average molecular weight is 390 g/mol. The summed E-state index contributed by atoms with van der Waals surface area (Å²) < 4.78 is 25.3. The molecule has 0 radical (unpaired) electrons. The predicted octanol–water partition coefficient (Wildman–Crippen LogP) is 4.29. The van der Waals surface area contributed by atoms with Gasteiger partial charge in [0.2, 0.25) is 0 Å². The Kier molecular flexibility index (Phi) is 4.76. The van der Waals surface area contributed by atoms with Crippen molar-refractivity contribution in [3.8, 4) is 5.75 Å². The summed E-state index contributed by atoms with van der Waals surface area (Å²) in [6.45, 7) is 0.287. The molecule has 0 unspecified atom stereocenters. The number of nitrogens with zero attached hydrogens (tertiary/aromatic N) is 1. The minimum atomic E-state index is -0.553. The summed E-state index contributed by atoms with van der Waals surface area (Å²) in [4.78, 5) is 15.6. The minimum Gasteiger partial charge on any atom is -0.485 e. The number of esters is 1. The van der Waals surface area contributed by atoms with Crippen LogP contribution in [0.4, 0.5) is 10.1 Å². The molecule has 0 aromatic heterocycles. The lowest BCUT2D eigenvalue weighted by Crippen LogP contribution is -2.16. The Morgan fingerprint density at radius 3 is 2.96 bits per heavy atom. The lowest BCUT2D eigenvalue weighted by Gasteiger charge is -2.18. The molecule has 4 nitrogen and oxygen atoms in total. The number of benzene rings is 2. The van der Waals surface area contributed by atoms with Crippen LogP contribution in [0.5, 0.6) is 5.75 Å². The first kappa shape index (κ1) is 16.4. The van der Waals surface area contributed by atoms with Gasteiger partial charge < -0.3 is 9.47 Å². The van der Waals surface area contributed by atoms with Crippen molar-refractivity contribution in [3.05, 3.63) is 63.9 Å². The molecule has 2 aromatic rings. The van der Waals surface area contributed by atoms with E-state index in [4.69, 9.17) is 4.74 Å². The minimum absolute atomic E-state index is 0.236. The third-order valence-electron chi connectivity index (χ3n) is 3.46. The third-order valence-corrected chi connectivity index (χ3v) is 3.95. The van der Waals surface area contributed by atoms with E-state index in [-0.39, 0.29) is 12.2 Å². The fourth-order valence-corrected chi connectivity index (χ4v) is 2.65. The van der Waals surface area contributed by atoms with Gasteiger partial charge in [0.1, 0.15) is 23.9 Å². The smallest absolute Gasteiger partial charge is 0.330 e. The number of halogens is 2. The Bertz CT molecular complexity index is 861. The highest BCUT2D eigenvalue weighted by atomic mass is 79.9. The van der Waals surface area contributed by atoms with Gasteiger partial charge in [-0.25, -0.2) is 14.2 Å². The van der Waals surface area contributed by atoms with Gasteiger partial charge in [0, 0.05) is 27.7 Å². The standard InChI is InChI=1S/C18H13BrFNO3/c1-23-18(22)6-5-11-8-17-15(9-14(11)20)21-16(10-24-17)12-3-2-4-13(19)7-12/h2-9H,10H2,1H3/b6-5+. The molecule has 2 aromatic carbocycles. The average Bonchev–Trinajstić information content (AvgIpc) is 2.59. The van der Waals surface area contributed by atoms with Gasteiger partial charge in [0.15, 0.2) is 0 Å². The number of carbonyl (C=O) groups is 1. The molecular formula is C18H13BrFNO3. The van der Waals surface area contributed by atoms with Crippen LogP contribution in [0.1, 0.15) is 11.1 Å². The van der Waals surface area contributed by atoms with Crippen molar-refractivity contribution >= 4 is 39.4 Å². The number of carbonyl (C=O) groups excluding carboxylic acids is 1. The van der Waals surface area contributed by atoms with Crippen molar-refractivity contribution in [1.82, 2.24) is 0 Å².